The van der Waals surface area contributed by atoms with Gasteiger partial charge in [0.25, 0.3) is 0 Å². The Morgan fingerprint density at radius 2 is 2.21 bits per heavy atom. The van der Waals surface area contributed by atoms with Gasteiger partial charge in [0, 0.05) is 19.2 Å². The van der Waals surface area contributed by atoms with E-state index in [-0.39, 0.29) is 22.4 Å². The van der Waals surface area contributed by atoms with Crippen LogP contribution in [0.15, 0.2) is 22.5 Å². The largest absolute Gasteiger partial charge is 0.399 e. The number of carbonyl (C=O) groups excluding carboxylic acids is 1. The van der Waals surface area contributed by atoms with E-state index in [9.17, 15) is 13.2 Å². The summed E-state index contributed by atoms with van der Waals surface area (Å²) in [4.78, 5) is 15.2. The van der Waals surface area contributed by atoms with E-state index in [1.807, 2.05) is 0 Å². The predicted molar refractivity (Wildman–Crippen MR) is 74.8 cm³/mol. The van der Waals surface area contributed by atoms with Gasteiger partial charge in [0.05, 0.1) is 16.0 Å². The average molecular weight is 299 g/mol. The van der Waals surface area contributed by atoms with E-state index >= 15 is 0 Å². The molecule has 0 radical (unpaired) electrons. The molecule has 8 heteroatoms. The molecule has 0 saturated carbocycles. The average Bonchev–Trinajstić information content (AvgIpc) is 2.79. The van der Waals surface area contributed by atoms with Gasteiger partial charge in [-0.3, -0.25) is 4.79 Å². The van der Waals surface area contributed by atoms with Crippen LogP contribution < -0.4 is 11.1 Å². The minimum atomic E-state index is -3.53. The summed E-state index contributed by atoms with van der Waals surface area (Å²) in [6.45, 7) is 0. The van der Waals surface area contributed by atoms with Crippen molar-refractivity contribution >= 4 is 43.0 Å². The smallest absolute Gasteiger partial charge is 0.220 e. The highest BCUT2D eigenvalue weighted by atomic mass is 32.2. The lowest BCUT2D eigenvalue weighted by molar-refractivity contribution is -0.120. The molecule has 0 spiro atoms. The molecule has 1 amide bonds. The standard InChI is InChI=1S/C11H13N3O3S2/c1-13-10(15)4-5-19(16,17)11-14-8-3-2-7(12)6-9(8)18-11/h2-3,6H,4-5,12H2,1H3,(H,13,15). The predicted octanol–water partition coefficient (Wildman–Crippen LogP) is 0.788. The van der Waals surface area contributed by atoms with Gasteiger partial charge < -0.3 is 11.1 Å². The van der Waals surface area contributed by atoms with E-state index in [0.29, 0.717) is 11.2 Å². The zero-order valence-corrected chi connectivity index (χ0v) is 11.8. The van der Waals surface area contributed by atoms with E-state index in [0.717, 1.165) is 16.0 Å². The van der Waals surface area contributed by atoms with Crippen LogP contribution in [-0.2, 0) is 14.6 Å². The monoisotopic (exact) mass is 299 g/mol. The number of aromatic nitrogens is 1. The van der Waals surface area contributed by atoms with Gasteiger partial charge in [-0.1, -0.05) is 0 Å². The molecule has 0 atom stereocenters. The highest BCUT2D eigenvalue weighted by Gasteiger charge is 2.20. The Morgan fingerprint density at radius 1 is 1.47 bits per heavy atom. The van der Waals surface area contributed by atoms with Gasteiger partial charge in [-0.15, -0.1) is 11.3 Å². The van der Waals surface area contributed by atoms with Gasteiger partial charge in [-0.05, 0) is 18.2 Å². The van der Waals surface area contributed by atoms with Crippen LogP contribution in [0, 0.1) is 0 Å². The molecule has 0 fully saturated rings. The molecule has 1 aromatic heterocycles. The molecule has 3 N–H and O–H groups in total. The lowest BCUT2D eigenvalue weighted by Gasteiger charge is -1.99. The first-order valence-corrected chi connectivity index (χ1v) is 7.98. The molecule has 0 unspecified atom stereocenters. The van der Waals surface area contributed by atoms with Crippen LogP contribution in [0.4, 0.5) is 5.69 Å². The zero-order valence-electron chi connectivity index (χ0n) is 10.2. The third-order valence-electron chi connectivity index (χ3n) is 2.54. The summed E-state index contributed by atoms with van der Waals surface area (Å²) in [5, 5.41) is 2.39. The molecule has 1 aromatic carbocycles. The van der Waals surface area contributed by atoms with Crippen molar-refractivity contribution in [3.05, 3.63) is 18.2 Å². The number of nitrogens with one attached hydrogen (secondary N) is 1. The van der Waals surface area contributed by atoms with Crippen LogP contribution in [-0.4, -0.2) is 32.1 Å². The number of fused-ring (bicyclic) bond motifs is 1. The second-order valence-electron chi connectivity index (χ2n) is 3.95. The maximum absolute atomic E-state index is 12.0. The number of hydrogen-bond acceptors (Lipinski definition) is 6. The van der Waals surface area contributed by atoms with Gasteiger partial charge in [-0.25, -0.2) is 13.4 Å². The SMILES string of the molecule is CNC(=O)CCS(=O)(=O)c1nc2ccc(N)cc2s1. The maximum atomic E-state index is 12.0. The van der Waals surface area contributed by atoms with Gasteiger partial charge in [0.1, 0.15) is 0 Å². The minimum absolute atomic E-state index is 0.0250. The lowest BCUT2D eigenvalue weighted by atomic mass is 10.3. The van der Waals surface area contributed by atoms with Gasteiger partial charge in [-0.2, -0.15) is 0 Å². The summed E-state index contributed by atoms with van der Waals surface area (Å²) in [7, 11) is -2.07. The first-order valence-electron chi connectivity index (χ1n) is 5.52. The Morgan fingerprint density at radius 3 is 2.89 bits per heavy atom. The third-order valence-corrected chi connectivity index (χ3v) is 5.73. The van der Waals surface area contributed by atoms with Crippen LogP contribution in [0.1, 0.15) is 6.42 Å². The van der Waals surface area contributed by atoms with Crippen molar-refractivity contribution in [2.75, 3.05) is 18.5 Å². The Labute approximate surface area is 114 Å². The molecule has 0 aliphatic carbocycles. The molecule has 6 nitrogen and oxygen atoms in total. The Kier molecular flexibility index (Phi) is 3.72. The fourth-order valence-corrected chi connectivity index (χ4v) is 4.13. The second-order valence-corrected chi connectivity index (χ2v) is 7.26. The summed E-state index contributed by atoms with van der Waals surface area (Å²) in [5.74, 6) is -0.559. The number of nitrogens with zero attached hydrogens (tertiary/aromatic N) is 1. The Bertz CT molecular complexity index is 722. The molecule has 1 heterocycles. The molecule has 0 aliphatic rings. The number of benzene rings is 1. The number of sulfone groups is 1. The first-order chi connectivity index (χ1) is 8.92. The molecular formula is C11H13N3O3S2. The van der Waals surface area contributed by atoms with E-state index in [1.165, 1.54) is 7.05 Å². The topological polar surface area (TPSA) is 102 Å². The number of hydrogen-bond donors (Lipinski definition) is 2. The van der Waals surface area contributed by atoms with Crippen molar-refractivity contribution in [2.24, 2.45) is 0 Å². The normalized spacial score (nSPS) is 11.6. The molecule has 2 rings (SSSR count). The quantitative estimate of drug-likeness (QED) is 0.813. The van der Waals surface area contributed by atoms with Crippen molar-refractivity contribution in [3.63, 3.8) is 0 Å². The van der Waals surface area contributed by atoms with Crippen molar-refractivity contribution in [1.29, 1.82) is 0 Å². The molecule has 19 heavy (non-hydrogen) atoms. The molecule has 102 valence electrons. The highest BCUT2D eigenvalue weighted by Crippen LogP contribution is 2.27. The van der Waals surface area contributed by atoms with Crippen LogP contribution >= 0.6 is 11.3 Å². The van der Waals surface area contributed by atoms with Crippen molar-refractivity contribution < 1.29 is 13.2 Å². The molecule has 2 aromatic rings. The van der Waals surface area contributed by atoms with Crippen molar-refractivity contribution in [3.8, 4) is 0 Å². The molecule has 0 aliphatic heterocycles. The van der Waals surface area contributed by atoms with Crippen LogP contribution in [0.5, 0.6) is 0 Å². The Balaban J connectivity index is 2.30. The number of amides is 1. The van der Waals surface area contributed by atoms with Crippen LogP contribution in [0.3, 0.4) is 0 Å². The van der Waals surface area contributed by atoms with E-state index in [1.54, 1.807) is 18.2 Å². The highest BCUT2D eigenvalue weighted by molar-refractivity contribution is 7.93. The number of thiazole rings is 1. The van der Waals surface area contributed by atoms with E-state index < -0.39 is 9.84 Å². The summed E-state index contributed by atoms with van der Waals surface area (Å²) in [6.07, 6.45) is -0.0725. The number of nitrogens with two attached hydrogens (primary N) is 1. The molecule has 0 saturated heterocycles. The fraction of sp³-hybridized carbons (Fsp3) is 0.273. The first kappa shape index (κ1) is 13.8. The summed E-state index contributed by atoms with van der Waals surface area (Å²) >= 11 is 1.07. The fourth-order valence-electron chi connectivity index (χ4n) is 1.49. The molecule has 0 bridgehead atoms. The van der Waals surface area contributed by atoms with Gasteiger partial charge in [0.15, 0.2) is 0 Å². The minimum Gasteiger partial charge on any atom is -0.399 e. The number of rotatable bonds is 4. The summed E-state index contributed by atoms with van der Waals surface area (Å²) in [5.41, 5.74) is 6.79. The van der Waals surface area contributed by atoms with E-state index in [4.69, 9.17) is 5.73 Å². The van der Waals surface area contributed by atoms with Gasteiger partial charge in [0.2, 0.25) is 20.1 Å². The van der Waals surface area contributed by atoms with Gasteiger partial charge >= 0.3 is 0 Å². The zero-order chi connectivity index (χ0) is 14.0. The summed E-state index contributed by atoms with van der Waals surface area (Å²) < 4.78 is 24.8. The summed E-state index contributed by atoms with van der Waals surface area (Å²) in [6, 6.07) is 5.03. The van der Waals surface area contributed by atoms with Crippen molar-refractivity contribution in [1.82, 2.24) is 10.3 Å². The number of nitrogen functional groups attached to an aromatic ring is 1. The van der Waals surface area contributed by atoms with Crippen molar-refractivity contribution in [2.45, 2.75) is 10.8 Å². The number of anilines is 1. The van der Waals surface area contributed by atoms with Crippen LogP contribution in [0.25, 0.3) is 10.2 Å². The van der Waals surface area contributed by atoms with Crippen LogP contribution in [0.2, 0.25) is 0 Å². The molecular weight excluding hydrogens is 286 g/mol. The second kappa shape index (κ2) is 5.14. The maximum Gasteiger partial charge on any atom is 0.220 e. The third kappa shape index (κ3) is 3.02. The lowest BCUT2D eigenvalue weighted by Crippen LogP contribution is -2.21. The van der Waals surface area contributed by atoms with E-state index in [2.05, 4.69) is 10.3 Å². The number of carbonyl (C=O) groups is 1. The Hall–Kier alpha value is -1.67.